The van der Waals surface area contributed by atoms with E-state index in [2.05, 4.69) is 48.5 Å². The van der Waals surface area contributed by atoms with E-state index in [0.29, 0.717) is 27.6 Å². The molecule has 9 heteroatoms. The van der Waals surface area contributed by atoms with E-state index in [4.69, 9.17) is 9.72 Å². The molecule has 2 N–H and O–H groups in total. The van der Waals surface area contributed by atoms with Gasteiger partial charge in [0.05, 0.1) is 5.56 Å². The van der Waals surface area contributed by atoms with Gasteiger partial charge < -0.3 is 20.3 Å². The Bertz CT molecular complexity index is 1270. The third-order valence-corrected chi connectivity index (χ3v) is 6.86. The molecule has 5 rings (SSSR count). The summed E-state index contributed by atoms with van der Waals surface area (Å²) < 4.78 is 6.57. The molecular weight excluding hydrogens is 508 g/mol. The van der Waals surface area contributed by atoms with Gasteiger partial charge in [-0.1, -0.05) is 18.2 Å². The lowest BCUT2D eigenvalue weighted by Gasteiger charge is -2.29. The Hall–Kier alpha value is -3.30. The molecule has 1 aromatic heterocycles. The third-order valence-electron chi connectivity index (χ3n) is 6.23. The number of carbonyl (C=O) groups excluding carboxylic acids is 1. The average molecular weight is 535 g/mol. The Morgan fingerprint density at radius 3 is 2.54 bits per heavy atom. The molecule has 1 fully saturated rings. The number of nitrogens with zero attached hydrogens (tertiary/aromatic N) is 4. The van der Waals surface area contributed by atoms with Gasteiger partial charge in [0.15, 0.2) is 5.78 Å². The number of piperidine rings is 1. The summed E-state index contributed by atoms with van der Waals surface area (Å²) in [4.78, 5) is 28.7. The van der Waals surface area contributed by atoms with Crippen LogP contribution in [0.25, 0.3) is 0 Å². The number of fused-ring (bicyclic) bond motifs is 1. The first kappa shape index (κ1) is 23.4. The van der Waals surface area contributed by atoms with Gasteiger partial charge in [-0.05, 0) is 91.7 Å². The quantitative estimate of drug-likeness (QED) is 0.450. The van der Waals surface area contributed by atoms with Crippen LogP contribution in [0.3, 0.4) is 0 Å². The van der Waals surface area contributed by atoms with Crippen molar-refractivity contribution < 1.29 is 9.53 Å². The van der Waals surface area contributed by atoms with Crippen LogP contribution in [0, 0.1) is 6.92 Å². The maximum Gasteiger partial charge on any atom is 0.225 e. The molecule has 2 aliphatic rings. The Kier molecular flexibility index (Phi) is 6.79. The molecule has 0 aliphatic carbocycles. The van der Waals surface area contributed by atoms with Crippen LogP contribution < -0.4 is 15.4 Å². The number of para-hydroxylation sites is 1. The molecule has 2 aliphatic heterocycles. The van der Waals surface area contributed by atoms with Crippen molar-refractivity contribution in [2.24, 2.45) is 4.99 Å². The van der Waals surface area contributed by atoms with Crippen LogP contribution in [-0.2, 0) is 0 Å². The number of aliphatic imine (C=N–C) groups is 1. The Balaban J connectivity index is 1.40. The highest BCUT2D eigenvalue weighted by atomic mass is 79.9. The predicted octanol–water partition coefficient (Wildman–Crippen LogP) is 5.16. The molecule has 8 nitrogen and oxygen atoms in total. The Labute approximate surface area is 213 Å². The first-order valence-electron chi connectivity index (χ1n) is 11.7. The highest BCUT2D eigenvalue weighted by Crippen LogP contribution is 2.30. The molecule has 3 heterocycles. The van der Waals surface area contributed by atoms with E-state index in [0.717, 1.165) is 48.7 Å². The molecule has 0 unspecified atom stereocenters. The normalized spacial score (nSPS) is 16.4. The highest BCUT2D eigenvalue weighted by molar-refractivity contribution is 9.18. The van der Waals surface area contributed by atoms with E-state index in [-0.39, 0.29) is 18.4 Å². The summed E-state index contributed by atoms with van der Waals surface area (Å²) in [5, 5.41) is 6.78. The summed E-state index contributed by atoms with van der Waals surface area (Å²) in [6, 6.07) is 15.8. The lowest BCUT2D eigenvalue weighted by molar-refractivity contribution is 0.100. The fourth-order valence-corrected chi connectivity index (χ4v) is 4.61. The maximum atomic E-state index is 12.8. The number of anilines is 3. The van der Waals surface area contributed by atoms with Crippen LogP contribution in [0.5, 0.6) is 11.5 Å². The summed E-state index contributed by atoms with van der Waals surface area (Å²) in [6.45, 7) is 4.12. The van der Waals surface area contributed by atoms with Crippen molar-refractivity contribution in [1.82, 2.24) is 14.9 Å². The highest BCUT2D eigenvalue weighted by Gasteiger charge is 2.28. The molecule has 35 heavy (non-hydrogen) atoms. The van der Waals surface area contributed by atoms with Gasteiger partial charge in [-0.25, -0.2) is 4.98 Å². The van der Waals surface area contributed by atoms with Crippen LogP contribution in [-0.4, -0.2) is 58.0 Å². The smallest absolute Gasteiger partial charge is 0.225 e. The summed E-state index contributed by atoms with van der Waals surface area (Å²) in [5.41, 5.74) is 2.81. The molecule has 0 spiro atoms. The number of rotatable bonds is 6. The van der Waals surface area contributed by atoms with Gasteiger partial charge in [-0.2, -0.15) is 4.98 Å². The van der Waals surface area contributed by atoms with E-state index < -0.39 is 0 Å². The zero-order valence-corrected chi connectivity index (χ0v) is 21.3. The molecule has 1 saturated heterocycles. The SMILES string of the molecule is Cc1ccccc1Oc1ccc(Nc2nc(NC3CCN(C)CC3)nc3c2C(=O)CN=C3Br)cc1. The fraction of sp³-hybridized carbons (Fsp3) is 0.308. The number of aryl methyl sites for hydroxylation is 1. The van der Waals surface area contributed by atoms with Crippen LogP contribution in [0.4, 0.5) is 17.5 Å². The molecular formula is C26H27BrN6O2. The second-order valence-electron chi connectivity index (χ2n) is 8.89. The van der Waals surface area contributed by atoms with Crippen molar-refractivity contribution in [2.75, 3.05) is 37.3 Å². The lowest BCUT2D eigenvalue weighted by Crippen LogP contribution is -2.37. The van der Waals surface area contributed by atoms with Gasteiger partial charge in [-0.15, -0.1) is 0 Å². The van der Waals surface area contributed by atoms with Crippen LogP contribution >= 0.6 is 15.9 Å². The van der Waals surface area contributed by atoms with Gasteiger partial charge in [0.25, 0.3) is 0 Å². The topological polar surface area (TPSA) is 91.7 Å². The average Bonchev–Trinajstić information content (AvgIpc) is 2.85. The van der Waals surface area contributed by atoms with E-state index in [1.54, 1.807) is 0 Å². The lowest BCUT2D eigenvalue weighted by atomic mass is 10.1. The molecule has 0 bridgehead atoms. The number of carbonyl (C=O) groups is 1. The second-order valence-corrected chi connectivity index (χ2v) is 9.64. The van der Waals surface area contributed by atoms with E-state index >= 15 is 0 Å². The zero-order chi connectivity index (χ0) is 24.4. The van der Waals surface area contributed by atoms with Crippen molar-refractivity contribution in [2.45, 2.75) is 25.8 Å². The number of nitrogens with one attached hydrogen (secondary N) is 2. The first-order valence-corrected chi connectivity index (χ1v) is 12.5. The Morgan fingerprint density at radius 1 is 1.06 bits per heavy atom. The van der Waals surface area contributed by atoms with Crippen molar-refractivity contribution in [3.05, 3.63) is 65.4 Å². The second kappa shape index (κ2) is 10.1. The molecule has 2 aromatic carbocycles. The van der Waals surface area contributed by atoms with Gasteiger partial charge in [0, 0.05) is 11.7 Å². The number of ether oxygens (including phenoxy) is 1. The van der Waals surface area contributed by atoms with E-state index in [1.165, 1.54) is 0 Å². The van der Waals surface area contributed by atoms with Gasteiger partial charge in [-0.3, -0.25) is 9.79 Å². The molecule has 3 aromatic rings. The summed E-state index contributed by atoms with van der Waals surface area (Å²) >= 11 is 3.48. The van der Waals surface area contributed by atoms with Crippen LogP contribution in [0.1, 0.15) is 34.5 Å². The minimum atomic E-state index is -0.115. The summed E-state index contributed by atoms with van der Waals surface area (Å²) in [7, 11) is 2.13. The summed E-state index contributed by atoms with van der Waals surface area (Å²) in [5.74, 6) is 2.38. The molecule has 180 valence electrons. The minimum absolute atomic E-state index is 0.0660. The number of aromatic nitrogens is 2. The Morgan fingerprint density at radius 2 is 1.80 bits per heavy atom. The van der Waals surface area contributed by atoms with Crippen molar-refractivity contribution in [1.29, 1.82) is 0 Å². The zero-order valence-electron chi connectivity index (χ0n) is 19.7. The number of benzene rings is 2. The molecule has 0 atom stereocenters. The molecule has 0 amide bonds. The first-order chi connectivity index (χ1) is 17.0. The van der Waals surface area contributed by atoms with Gasteiger partial charge in [0.2, 0.25) is 5.95 Å². The van der Waals surface area contributed by atoms with Gasteiger partial charge in [0.1, 0.15) is 34.2 Å². The van der Waals surface area contributed by atoms with Crippen molar-refractivity contribution in [3.8, 4) is 11.5 Å². The number of hydrogen-bond acceptors (Lipinski definition) is 8. The maximum absolute atomic E-state index is 12.8. The molecule has 0 saturated carbocycles. The van der Waals surface area contributed by atoms with Crippen LogP contribution in [0.2, 0.25) is 0 Å². The van der Waals surface area contributed by atoms with Crippen LogP contribution in [0.15, 0.2) is 53.5 Å². The third kappa shape index (κ3) is 5.36. The number of halogens is 1. The van der Waals surface area contributed by atoms with E-state index in [1.807, 2.05) is 55.5 Å². The predicted molar refractivity (Wildman–Crippen MR) is 142 cm³/mol. The number of likely N-dealkylation sites (tertiary alicyclic amines) is 1. The van der Waals surface area contributed by atoms with Crippen molar-refractivity contribution in [3.63, 3.8) is 0 Å². The summed E-state index contributed by atoms with van der Waals surface area (Å²) in [6.07, 6.45) is 2.02. The number of Topliss-reactive ketones (excluding diaryl/α,β-unsaturated/α-hetero) is 1. The largest absolute Gasteiger partial charge is 0.457 e. The molecule has 0 radical (unpaired) electrons. The number of hydrogen-bond donors (Lipinski definition) is 2. The van der Waals surface area contributed by atoms with Gasteiger partial charge >= 0.3 is 0 Å². The van der Waals surface area contributed by atoms with Crippen molar-refractivity contribution >= 4 is 43.8 Å². The number of ketones is 1. The monoisotopic (exact) mass is 534 g/mol. The minimum Gasteiger partial charge on any atom is -0.457 e. The van der Waals surface area contributed by atoms with E-state index in [9.17, 15) is 4.79 Å². The standard InChI is InChI=1S/C26H27BrN6O2/c1-16-5-3-4-6-21(16)35-19-9-7-17(8-10-19)29-25-22-20(34)15-28-24(27)23(22)31-26(32-25)30-18-11-13-33(2)14-12-18/h3-10,18H,11-15H2,1-2H3,(H2,29,30,31,32). The fourth-order valence-electron chi connectivity index (χ4n) is 4.20.